The van der Waals surface area contributed by atoms with Crippen LogP contribution in [0.3, 0.4) is 0 Å². The standard InChI is InChI=1S/C26H40O2/c1-23(2,3)17-25(7,8)26(9)15-19(14-18-12-10-11-13-21(18)27)22(28)20(16-26)24(4,5)6/h10-13,16,27-28H,14-15,17H2,1-9H3. The summed E-state index contributed by atoms with van der Waals surface area (Å²) in [6.45, 7) is 20.4. The Hall–Kier alpha value is -1.70. The average Bonchev–Trinajstić information content (AvgIpc) is 2.49. The lowest BCUT2D eigenvalue weighted by Crippen LogP contribution is -2.40. The molecule has 0 aromatic heterocycles. The Balaban J connectivity index is 2.55. The number of para-hydroxylation sites is 1. The summed E-state index contributed by atoms with van der Waals surface area (Å²) in [7, 11) is 0. The maximum Gasteiger partial charge on any atom is 0.119 e. The molecule has 2 nitrogen and oxygen atoms in total. The molecule has 2 N–H and O–H groups in total. The number of hydrogen-bond donors (Lipinski definition) is 2. The SMILES string of the molecule is CC(C)(C)CC(C)(C)C1(C)C=C(C(C)(C)C)C(O)=C(Cc2ccccc2O)C1. The van der Waals surface area contributed by atoms with E-state index in [0.717, 1.165) is 29.6 Å². The number of aromatic hydroxyl groups is 1. The molecule has 1 aromatic carbocycles. The minimum atomic E-state index is -0.145. The molecule has 0 saturated heterocycles. The van der Waals surface area contributed by atoms with Crippen molar-refractivity contribution in [2.75, 3.05) is 0 Å². The fraction of sp³-hybridized carbons (Fsp3) is 0.615. The van der Waals surface area contributed by atoms with Gasteiger partial charge in [-0.2, -0.15) is 0 Å². The molecule has 2 rings (SSSR count). The van der Waals surface area contributed by atoms with E-state index in [1.54, 1.807) is 6.07 Å². The van der Waals surface area contributed by atoms with Gasteiger partial charge in [-0.1, -0.05) is 86.6 Å². The van der Waals surface area contributed by atoms with E-state index in [0.29, 0.717) is 17.9 Å². The molecule has 1 aliphatic rings. The van der Waals surface area contributed by atoms with E-state index in [1.165, 1.54) is 0 Å². The van der Waals surface area contributed by atoms with Crippen molar-refractivity contribution in [3.05, 3.63) is 52.8 Å². The minimum Gasteiger partial charge on any atom is -0.508 e. The number of hydrogen-bond acceptors (Lipinski definition) is 2. The highest BCUT2D eigenvalue weighted by atomic mass is 16.3. The number of phenolic OH excluding ortho intramolecular Hbond substituents is 1. The molecule has 28 heavy (non-hydrogen) atoms. The monoisotopic (exact) mass is 384 g/mol. The van der Waals surface area contributed by atoms with Crippen LogP contribution >= 0.6 is 0 Å². The summed E-state index contributed by atoms with van der Waals surface area (Å²) in [6.07, 6.45) is 4.81. The van der Waals surface area contributed by atoms with Gasteiger partial charge in [0.05, 0.1) is 0 Å². The first-order chi connectivity index (χ1) is 12.6. The summed E-state index contributed by atoms with van der Waals surface area (Å²) in [4.78, 5) is 0. The molecule has 1 aromatic rings. The third-order valence-electron chi connectivity index (χ3n) is 6.36. The van der Waals surface area contributed by atoms with Crippen LogP contribution in [0.25, 0.3) is 0 Å². The van der Waals surface area contributed by atoms with Gasteiger partial charge >= 0.3 is 0 Å². The van der Waals surface area contributed by atoms with E-state index in [-0.39, 0.29) is 21.7 Å². The van der Waals surface area contributed by atoms with Crippen LogP contribution in [0.15, 0.2) is 47.2 Å². The first-order valence-corrected chi connectivity index (χ1v) is 10.5. The molecule has 2 heteroatoms. The molecule has 156 valence electrons. The van der Waals surface area contributed by atoms with Crippen LogP contribution < -0.4 is 0 Å². The van der Waals surface area contributed by atoms with Gasteiger partial charge in [-0.15, -0.1) is 0 Å². The number of allylic oxidation sites excluding steroid dienone is 3. The molecule has 1 atom stereocenters. The average molecular weight is 385 g/mol. The van der Waals surface area contributed by atoms with Gasteiger partial charge in [-0.05, 0) is 57.3 Å². The fourth-order valence-corrected chi connectivity index (χ4v) is 4.73. The lowest BCUT2D eigenvalue weighted by Gasteiger charge is -2.49. The molecule has 0 radical (unpaired) electrons. The van der Waals surface area contributed by atoms with Crippen molar-refractivity contribution < 1.29 is 10.2 Å². The number of phenols is 1. The van der Waals surface area contributed by atoms with Gasteiger partial charge in [0, 0.05) is 6.42 Å². The largest absolute Gasteiger partial charge is 0.508 e. The Labute approximate surface area is 172 Å². The highest BCUT2D eigenvalue weighted by Crippen LogP contribution is 2.55. The lowest BCUT2D eigenvalue weighted by molar-refractivity contribution is 0.0767. The van der Waals surface area contributed by atoms with Crippen molar-refractivity contribution in [1.82, 2.24) is 0 Å². The third-order valence-corrected chi connectivity index (χ3v) is 6.36. The lowest BCUT2D eigenvalue weighted by atomic mass is 9.55. The second kappa shape index (κ2) is 7.28. The van der Waals surface area contributed by atoms with Crippen LogP contribution in [0.1, 0.15) is 80.7 Å². The molecule has 0 spiro atoms. The van der Waals surface area contributed by atoms with Crippen LogP contribution in [0.4, 0.5) is 0 Å². The molecular weight excluding hydrogens is 344 g/mol. The fourth-order valence-electron chi connectivity index (χ4n) is 4.73. The topological polar surface area (TPSA) is 40.5 Å². The zero-order chi connectivity index (χ0) is 21.5. The minimum absolute atomic E-state index is 0.0619. The third kappa shape index (κ3) is 4.82. The van der Waals surface area contributed by atoms with E-state index in [4.69, 9.17) is 0 Å². The number of aliphatic hydroxyl groups excluding tert-OH is 1. The zero-order valence-electron chi connectivity index (χ0n) is 19.4. The summed E-state index contributed by atoms with van der Waals surface area (Å²) in [5.41, 5.74) is 2.99. The van der Waals surface area contributed by atoms with Gasteiger partial charge in [0.2, 0.25) is 0 Å². The molecule has 1 unspecified atom stereocenters. The van der Waals surface area contributed by atoms with Crippen molar-refractivity contribution in [1.29, 1.82) is 0 Å². The van der Waals surface area contributed by atoms with Gasteiger partial charge in [0.15, 0.2) is 0 Å². The van der Waals surface area contributed by atoms with E-state index < -0.39 is 0 Å². The summed E-state index contributed by atoms with van der Waals surface area (Å²) < 4.78 is 0. The summed E-state index contributed by atoms with van der Waals surface area (Å²) >= 11 is 0. The van der Waals surface area contributed by atoms with Crippen molar-refractivity contribution in [2.45, 2.75) is 81.6 Å². The quantitative estimate of drug-likeness (QED) is 0.561. The van der Waals surface area contributed by atoms with Crippen LogP contribution in [0.2, 0.25) is 0 Å². The second-order valence-electron chi connectivity index (χ2n) is 11.8. The van der Waals surface area contributed by atoms with Crippen LogP contribution in [-0.4, -0.2) is 10.2 Å². The predicted molar refractivity (Wildman–Crippen MR) is 120 cm³/mol. The van der Waals surface area contributed by atoms with Gasteiger partial charge in [0.1, 0.15) is 11.5 Å². The molecule has 0 heterocycles. The zero-order valence-corrected chi connectivity index (χ0v) is 19.4. The first-order valence-electron chi connectivity index (χ1n) is 10.5. The van der Waals surface area contributed by atoms with Crippen molar-refractivity contribution in [3.8, 4) is 5.75 Å². The van der Waals surface area contributed by atoms with E-state index in [9.17, 15) is 10.2 Å². The Bertz CT molecular complexity index is 781. The highest BCUT2D eigenvalue weighted by Gasteiger charge is 2.46. The molecule has 0 amide bonds. The summed E-state index contributed by atoms with van der Waals surface area (Å²) in [6, 6.07) is 7.45. The van der Waals surface area contributed by atoms with E-state index >= 15 is 0 Å². The Kier molecular flexibility index (Phi) is 5.87. The van der Waals surface area contributed by atoms with Crippen LogP contribution in [0.5, 0.6) is 5.75 Å². The van der Waals surface area contributed by atoms with Crippen LogP contribution in [0, 0.1) is 21.7 Å². The Morgan fingerprint density at radius 1 is 0.929 bits per heavy atom. The van der Waals surface area contributed by atoms with Gasteiger partial charge < -0.3 is 10.2 Å². The predicted octanol–water partition coefficient (Wildman–Crippen LogP) is 7.59. The normalized spacial score (nSPS) is 21.7. The van der Waals surface area contributed by atoms with Gasteiger partial charge in [-0.3, -0.25) is 0 Å². The Morgan fingerprint density at radius 2 is 1.50 bits per heavy atom. The van der Waals surface area contributed by atoms with Crippen molar-refractivity contribution >= 4 is 0 Å². The highest BCUT2D eigenvalue weighted by molar-refractivity contribution is 5.44. The molecule has 0 fully saturated rings. The first kappa shape index (κ1) is 22.6. The van der Waals surface area contributed by atoms with Crippen molar-refractivity contribution in [3.63, 3.8) is 0 Å². The maximum absolute atomic E-state index is 11.2. The molecule has 0 aliphatic heterocycles. The summed E-state index contributed by atoms with van der Waals surface area (Å²) in [5.74, 6) is 0.713. The maximum atomic E-state index is 11.2. The molecule has 0 saturated carbocycles. The van der Waals surface area contributed by atoms with Crippen LogP contribution in [-0.2, 0) is 6.42 Å². The molecule has 1 aliphatic carbocycles. The van der Waals surface area contributed by atoms with Gasteiger partial charge in [0.25, 0.3) is 0 Å². The number of aliphatic hydroxyl groups is 1. The summed E-state index contributed by atoms with van der Waals surface area (Å²) in [5, 5.41) is 21.5. The number of rotatable bonds is 4. The second-order valence-corrected chi connectivity index (χ2v) is 11.8. The molecular formula is C26H40O2. The number of benzene rings is 1. The smallest absolute Gasteiger partial charge is 0.119 e. The Morgan fingerprint density at radius 3 is 2.00 bits per heavy atom. The van der Waals surface area contributed by atoms with Gasteiger partial charge in [-0.25, -0.2) is 0 Å². The van der Waals surface area contributed by atoms with E-state index in [2.05, 4.69) is 68.4 Å². The molecule has 0 bridgehead atoms. The van der Waals surface area contributed by atoms with E-state index in [1.807, 2.05) is 18.2 Å². The van der Waals surface area contributed by atoms with Crippen molar-refractivity contribution in [2.24, 2.45) is 21.7 Å².